The number of hydrogen-bond donors (Lipinski definition) is 0. The van der Waals surface area contributed by atoms with Crippen LogP contribution < -0.4 is 0 Å². The van der Waals surface area contributed by atoms with Crippen LogP contribution in [0, 0.1) is 51.8 Å². The zero-order valence-electron chi connectivity index (χ0n) is 27.9. The second-order valence-corrected chi connectivity index (χ2v) is 16.2. The number of rotatable bonds is 2. The van der Waals surface area contributed by atoms with Gasteiger partial charge in [-0.2, -0.15) is 0 Å². The SMILES string of the molecule is CC(C)=CC1C2=C3Cc4cccc(C5C=CC(C(C)(C)C)=C5)c4C3=C3C=CC(C)C(C)C3(C)C2(C)C(C)C(C)C1C. The van der Waals surface area contributed by atoms with Gasteiger partial charge < -0.3 is 0 Å². The van der Waals surface area contributed by atoms with Crippen molar-refractivity contribution < 1.29 is 0 Å². The first-order chi connectivity index (χ1) is 19.1. The molecule has 0 aromatic heterocycles. The van der Waals surface area contributed by atoms with Crippen LogP contribution in [0.2, 0.25) is 0 Å². The maximum Gasteiger partial charge on any atom is 0.0214 e. The summed E-state index contributed by atoms with van der Waals surface area (Å²) in [4.78, 5) is 0. The van der Waals surface area contributed by atoms with E-state index in [-0.39, 0.29) is 16.2 Å². The summed E-state index contributed by atoms with van der Waals surface area (Å²) in [5, 5.41) is 0. The molecule has 9 unspecified atom stereocenters. The minimum absolute atomic E-state index is 0.0729. The molecular weight excluding hydrogens is 492 g/mol. The average Bonchev–Trinajstić information content (AvgIpc) is 3.55. The molecule has 218 valence electrons. The van der Waals surface area contributed by atoms with E-state index in [0.717, 1.165) is 6.42 Å². The molecule has 1 fully saturated rings. The highest BCUT2D eigenvalue weighted by atomic mass is 14.7. The minimum Gasteiger partial charge on any atom is -0.0811 e. The van der Waals surface area contributed by atoms with Crippen molar-refractivity contribution >= 4 is 5.57 Å². The van der Waals surface area contributed by atoms with Crippen LogP contribution in [0.3, 0.4) is 0 Å². The lowest BCUT2D eigenvalue weighted by Gasteiger charge is -2.66. The average molecular weight is 547 g/mol. The Kier molecular flexibility index (Phi) is 6.54. The fourth-order valence-corrected chi connectivity index (χ4v) is 9.99. The summed E-state index contributed by atoms with van der Waals surface area (Å²) in [7, 11) is 0. The Morgan fingerprint density at radius 2 is 1.59 bits per heavy atom. The quantitative estimate of drug-likeness (QED) is 0.324. The summed E-state index contributed by atoms with van der Waals surface area (Å²) in [6, 6.07) is 7.20. The summed E-state index contributed by atoms with van der Waals surface area (Å²) in [5.41, 5.74) is 14.6. The van der Waals surface area contributed by atoms with Gasteiger partial charge in [0.25, 0.3) is 0 Å². The van der Waals surface area contributed by atoms with Crippen molar-refractivity contribution in [1.29, 1.82) is 0 Å². The van der Waals surface area contributed by atoms with Gasteiger partial charge in [-0.05, 0) is 94.3 Å². The maximum atomic E-state index is 2.69. The van der Waals surface area contributed by atoms with Gasteiger partial charge in [0.1, 0.15) is 0 Å². The van der Waals surface area contributed by atoms with E-state index in [1.807, 2.05) is 0 Å². The van der Waals surface area contributed by atoms with Gasteiger partial charge in [0.05, 0.1) is 0 Å². The third kappa shape index (κ3) is 3.77. The lowest BCUT2D eigenvalue weighted by atomic mass is 9.38. The van der Waals surface area contributed by atoms with Crippen LogP contribution in [0.25, 0.3) is 5.57 Å². The van der Waals surface area contributed by atoms with Crippen LogP contribution in [0.4, 0.5) is 0 Å². The topological polar surface area (TPSA) is 0 Å². The summed E-state index contributed by atoms with van der Waals surface area (Å²) in [6.45, 7) is 29.7. The van der Waals surface area contributed by atoms with E-state index in [1.54, 1.807) is 33.4 Å². The molecule has 0 heteroatoms. The van der Waals surface area contributed by atoms with Crippen molar-refractivity contribution in [3.05, 3.63) is 99.2 Å². The van der Waals surface area contributed by atoms with Crippen LogP contribution in [0.15, 0.2) is 82.5 Å². The number of fused-ring (bicyclic) bond motifs is 6. The van der Waals surface area contributed by atoms with Crippen molar-refractivity contribution in [1.82, 2.24) is 0 Å². The third-order valence-electron chi connectivity index (χ3n) is 13.2. The molecule has 0 amide bonds. The predicted octanol–water partition coefficient (Wildman–Crippen LogP) is 11.3. The van der Waals surface area contributed by atoms with E-state index in [9.17, 15) is 0 Å². The van der Waals surface area contributed by atoms with Crippen LogP contribution in [-0.2, 0) is 6.42 Å². The highest BCUT2D eigenvalue weighted by Gasteiger charge is 2.64. The molecule has 0 nitrogen and oxygen atoms in total. The molecule has 1 saturated carbocycles. The maximum absolute atomic E-state index is 2.69. The number of hydrogen-bond acceptors (Lipinski definition) is 0. The molecule has 6 rings (SSSR count). The molecule has 41 heavy (non-hydrogen) atoms. The van der Waals surface area contributed by atoms with Gasteiger partial charge in [0.2, 0.25) is 0 Å². The molecule has 0 saturated heterocycles. The Balaban J connectivity index is 1.70. The minimum atomic E-state index is 0.0729. The van der Waals surface area contributed by atoms with Gasteiger partial charge >= 0.3 is 0 Å². The largest absolute Gasteiger partial charge is 0.0811 e. The van der Waals surface area contributed by atoms with E-state index in [4.69, 9.17) is 0 Å². The number of benzene rings is 1. The molecule has 0 heterocycles. The molecule has 0 radical (unpaired) electrons. The second kappa shape index (κ2) is 9.33. The predicted molar refractivity (Wildman–Crippen MR) is 178 cm³/mol. The first-order valence-electron chi connectivity index (χ1n) is 16.5. The second-order valence-electron chi connectivity index (χ2n) is 16.2. The molecule has 0 spiro atoms. The normalized spacial score (nSPS) is 39.3. The summed E-state index contributed by atoms with van der Waals surface area (Å²) in [6.07, 6.45) is 16.2. The van der Waals surface area contributed by atoms with Gasteiger partial charge in [-0.25, -0.2) is 0 Å². The van der Waals surface area contributed by atoms with Crippen molar-refractivity contribution in [3.8, 4) is 0 Å². The molecule has 0 N–H and O–H groups in total. The monoisotopic (exact) mass is 546 g/mol. The van der Waals surface area contributed by atoms with E-state index in [0.29, 0.717) is 41.4 Å². The zero-order chi connectivity index (χ0) is 29.8. The molecule has 5 aliphatic rings. The molecular formula is C41H54. The fraction of sp³-hybridized carbons (Fsp3) is 0.561. The molecule has 1 aromatic rings. The van der Waals surface area contributed by atoms with Gasteiger partial charge in [-0.15, -0.1) is 0 Å². The van der Waals surface area contributed by atoms with Crippen molar-refractivity contribution in [2.24, 2.45) is 51.8 Å². The summed E-state index contributed by atoms with van der Waals surface area (Å²) >= 11 is 0. The van der Waals surface area contributed by atoms with E-state index in [2.05, 4.69) is 138 Å². The van der Waals surface area contributed by atoms with Crippen molar-refractivity contribution in [2.45, 2.75) is 95.4 Å². The third-order valence-corrected chi connectivity index (χ3v) is 13.2. The lowest BCUT2D eigenvalue weighted by Crippen LogP contribution is -2.59. The highest BCUT2D eigenvalue weighted by Crippen LogP contribution is 2.73. The highest BCUT2D eigenvalue weighted by molar-refractivity contribution is 5.94. The number of allylic oxidation sites excluding steroid dienone is 12. The summed E-state index contributed by atoms with van der Waals surface area (Å²) < 4.78 is 0. The Morgan fingerprint density at radius 1 is 0.878 bits per heavy atom. The molecule has 0 bridgehead atoms. The van der Waals surface area contributed by atoms with Crippen LogP contribution >= 0.6 is 0 Å². The van der Waals surface area contributed by atoms with Crippen LogP contribution in [0.5, 0.6) is 0 Å². The Bertz CT molecular complexity index is 1470. The fourth-order valence-electron chi connectivity index (χ4n) is 9.99. The van der Waals surface area contributed by atoms with Gasteiger partial charge in [0.15, 0.2) is 0 Å². The van der Waals surface area contributed by atoms with Gasteiger partial charge in [-0.1, -0.05) is 135 Å². The van der Waals surface area contributed by atoms with Crippen molar-refractivity contribution in [2.75, 3.05) is 0 Å². The van der Waals surface area contributed by atoms with Crippen LogP contribution in [0.1, 0.15) is 106 Å². The molecule has 5 aliphatic carbocycles. The lowest BCUT2D eigenvalue weighted by molar-refractivity contribution is -0.0484. The van der Waals surface area contributed by atoms with E-state index in [1.165, 1.54) is 16.7 Å². The Hall–Kier alpha value is -2.34. The Labute approximate surface area is 251 Å². The van der Waals surface area contributed by atoms with Gasteiger partial charge in [0, 0.05) is 22.7 Å². The van der Waals surface area contributed by atoms with E-state index >= 15 is 0 Å². The molecule has 0 aliphatic heterocycles. The Morgan fingerprint density at radius 3 is 2.22 bits per heavy atom. The first-order valence-corrected chi connectivity index (χ1v) is 16.5. The van der Waals surface area contributed by atoms with Crippen LogP contribution in [-0.4, -0.2) is 0 Å². The summed E-state index contributed by atoms with van der Waals surface area (Å²) in [5.74, 6) is 3.89. The molecule has 9 atom stereocenters. The van der Waals surface area contributed by atoms with Gasteiger partial charge in [-0.3, -0.25) is 0 Å². The molecule has 1 aromatic carbocycles. The van der Waals surface area contributed by atoms with Crippen molar-refractivity contribution in [3.63, 3.8) is 0 Å². The standard InChI is InChI=1S/C41H54/c1-23(2)20-33-26(5)25(4)28(7)41(12)38(33)34-22-30-14-13-15-32(29-17-18-31(21-29)39(8,9)10)36(30)37(34)35-19-16-24(3)27(6)40(35,41)11/h13-21,24-29,33H,22H2,1-12H3. The smallest absolute Gasteiger partial charge is 0.0214 e. The van der Waals surface area contributed by atoms with E-state index < -0.39 is 0 Å². The zero-order valence-corrected chi connectivity index (χ0v) is 27.9. The first kappa shape index (κ1) is 28.8.